The van der Waals surface area contributed by atoms with E-state index in [2.05, 4.69) is 5.32 Å². The Kier molecular flexibility index (Phi) is 3.57. The molecule has 112 valence electrons. The summed E-state index contributed by atoms with van der Waals surface area (Å²) in [5.41, 5.74) is 0.368. The molecule has 4 nitrogen and oxygen atoms in total. The van der Waals surface area contributed by atoms with Gasteiger partial charge in [-0.05, 0) is 32.1 Å². The van der Waals surface area contributed by atoms with Gasteiger partial charge in [-0.2, -0.15) is 0 Å². The molecule has 0 amide bonds. The number of methoxy groups -OCH3 is 1. The molecule has 2 aliphatic rings. The van der Waals surface area contributed by atoms with Crippen LogP contribution in [-0.4, -0.2) is 30.9 Å². The number of ether oxygens (including phenoxy) is 1. The third-order valence-electron chi connectivity index (χ3n) is 5.18. The third kappa shape index (κ3) is 2.48. The molecule has 21 heavy (non-hydrogen) atoms. The van der Waals surface area contributed by atoms with Crippen LogP contribution in [0.15, 0.2) is 30.3 Å². The van der Waals surface area contributed by atoms with E-state index < -0.39 is 0 Å². The van der Waals surface area contributed by atoms with Gasteiger partial charge in [-0.3, -0.25) is 9.59 Å². The molecule has 0 aliphatic heterocycles. The SMILES string of the molecule is COC(=O)C12CCC(NCC(=O)c3ccccc3)(CC1)C2. The predicted molar refractivity (Wildman–Crippen MR) is 79.0 cm³/mol. The Hall–Kier alpha value is -1.68. The second-order valence-corrected chi connectivity index (χ2v) is 6.37. The standard InChI is InChI=1S/C17H21NO3/c1-21-15(20)16-7-9-17(12-16,10-8-16)18-11-14(19)13-5-3-2-4-6-13/h2-6,18H,7-12H2,1H3. The highest BCUT2D eigenvalue weighted by atomic mass is 16.5. The normalized spacial score (nSPS) is 30.3. The fraction of sp³-hybridized carbons (Fsp3) is 0.529. The van der Waals surface area contributed by atoms with E-state index in [4.69, 9.17) is 4.74 Å². The van der Waals surface area contributed by atoms with Crippen molar-refractivity contribution in [1.82, 2.24) is 5.32 Å². The van der Waals surface area contributed by atoms with Crippen molar-refractivity contribution in [2.45, 2.75) is 37.6 Å². The van der Waals surface area contributed by atoms with Gasteiger partial charge in [0.2, 0.25) is 0 Å². The van der Waals surface area contributed by atoms with Gasteiger partial charge in [-0.1, -0.05) is 30.3 Å². The number of benzene rings is 1. The van der Waals surface area contributed by atoms with E-state index in [9.17, 15) is 9.59 Å². The van der Waals surface area contributed by atoms with E-state index in [1.165, 1.54) is 7.11 Å². The van der Waals surface area contributed by atoms with Gasteiger partial charge < -0.3 is 10.1 Å². The van der Waals surface area contributed by atoms with Crippen molar-refractivity contribution in [3.8, 4) is 0 Å². The Balaban J connectivity index is 1.62. The predicted octanol–water partition coefficient (Wildman–Crippen LogP) is 2.33. The van der Waals surface area contributed by atoms with Crippen LogP contribution in [-0.2, 0) is 9.53 Å². The number of Topliss-reactive ketones (excluding diaryl/α,β-unsaturated/α-hetero) is 1. The van der Waals surface area contributed by atoms with Crippen molar-refractivity contribution in [1.29, 1.82) is 0 Å². The average molecular weight is 287 g/mol. The Morgan fingerprint density at radius 2 is 1.81 bits per heavy atom. The molecule has 3 rings (SSSR count). The molecular formula is C17H21NO3. The second-order valence-electron chi connectivity index (χ2n) is 6.37. The number of ketones is 1. The van der Waals surface area contributed by atoms with Crippen molar-refractivity contribution in [3.05, 3.63) is 35.9 Å². The summed E-state index contributed by atoms with van der Waals surface area (Å²) in [5, 5.41) is 3.43. The number of carbonyl (C=O) groups excluding carboxylic acids is 2. The molecule has 2 aliphatic carbocycles. The van der Waals surface area contributed by atoms with Gasteiger partial charge in [0.1, 0.15) is 0 Å². The molecule has 2 fully saturated rings. The molecule has 1 aromatic rings. The van der Waals surface area contributed by atoms with Crippen LogP contribution in [0, 0.1) is 5.41 Å². The molecule has 0 unspecified atom stereocenters. The molecule has 4 heteroatoms. The first-order valence-electron chi connectivity index (χ1n) is 7.51. The summed E-state index contributed by atoms with van der Waals surface area (Å²) in [7, 11) is 1.46. The number of hydrogen-bond acceptors (Lipinski definition) is 4. The van der Waals surface area contributed by atoms with Crippen LogP contribution >= 0.6 is 0 Å². The lowest BCUT2D eigenvalue weighted by Gasteiger charge is -2.28. The van der Waals surface area contributed by atoms with Crippen molar-refractivity contribution >= 4 is 11.8 Å². The monoisotopic (exact) mass is 287 g/mol. The van der Waals surface area contributed by atoms with Crippen LogP contribution < -0.4 is 5.32 Å². The second kappa shape index (κ2) is 5.26. The van der Waals surface area contributed by atoms with Crippen molar-refractivity contribution in [2.75, 3.05) is 13.7 Å². The maximum absolute atomic E-state index is 12.2. The number of esters is 1. The third-order valence-corrected chi connectivity index (χ3v) is 5.18. The Bertz CT molecular complexity index is 544. The first-order chi connectivity index (χ1) is 10.1. The van der Waals surface area contributed by atoms with Gasteiger partial charge in [-0.25, -0.2) is 0 Å². The van der Waals surface area contributed by atoms with Gasteiger partial charge in [0.05, 0.1) is 19.1 Å². The van der Waals surface area contributed by atoms with E-state index in [0.717, 1.165) is 37.7 Å². The lowest BCUT2D eigenvalue weighted by molar-refractivity contribution is -0.152. The maximum Gasteiger partial charge on any atom is 0.311 e. The highest BCUT2D eigenvalue weighted by molar-refractivity contribution is 5.97. The largest absolute Gasteiger partial charge is 0.469 e. The van der Waals surface area contributed by atoms with Crippen LogP contribution in [0.1, 0.15) is 42.5 Å². The lowest BCUT2D eigenvalue weighted by atomic mass is 9.84. The van der Waals surface area contributed by atoms with Crippen LogP contribution in [0.4, 0.5) is 0 Å². The van der Waals surface area contributed by atoms with Gasteiger partial charge >= 0.3 is 5.97 Å². The fourth-order valence-corrected chi connectivity index (χ4v) is 3.93. The Labute approximate surface area is 124 Å². The Morgan fingerprint density at radius 1 is 1.14 bits per heavy atom. The Morgan fingerprint density at radius 3 is 2.43 bits per heavy atom. The van der Waals surface area contributed by atoms with Crippen LogP contribution in [0.25, 0.3) is 0 Å². The highest BCUT2D eigenvalue weighted by Crippen LogP contribution is 2.56. The first kappa shape index (κ1) is 14.3. The summed E-state index contributed by atoms with van der Waals surface area (Å²) in [6, 6.07) is 9.33. The lowest BCUT2D eigenvalue weighted by Crippen LogP contribution is -2.43. The van der Waals surface area contributed by atoms with Crippen LogP contribution in [0.5, 0.6) is 0 Å². The molecular weight excluding hydrogens is 266 g/mol. The number of hydrogen-bond donors (Lipinski definition) is 1. The van der Waals surface area contributed by atoms with E-state index in [1.807, 2.05) is 30.3 Å². The summed E-state index contributed by atoms with van der Waals surface area (Å²) in [5.74, 6) is 0.0190. The zero-order valence-corrected chi connectivity index (χ0v) is 12.4. The summed E-state index contributed by atoms with van der Waals surface area (Å²) in [6.07, 6.45) is 4.43. The molecule has 2 bridgehead atoms. The van der Waals surface area contributed by atoms with Crippen molar-refractivity contribution in [3.63, 3.8) is 0 Å². The minimum Gasteiger partial charge on any atom is -0.469 e. The highest BCUT2D eigenvalue weighted by Gasteiger charge is 2.58. The first-order valence-corrected chi connectivity index (χ1v) is 7.51. The van der Waals surface area contributed by atoms with Gasteiger partial charge in [0.15, 0.2) is 5.78 Å². The fourth-order valence-electron chi connectivity index (χ4n) is 3.93. The number of fused-ring (bicyclic) bond motifs is 2. The van der Waals surface area contributed by atoms with Crippen LogP contribution in [0.2, 0.25) is 0 Å². The molecule has 0 aromatic heterocycles. The number of nitrogens with one attached hydrogen (secondary N) is 1. The molecule has 2 saturated carbocycles. The molecule has 1 aromatic carbocycles. The average Bonchev–Trinajstić information content (AvgIpc) is 3.10. The minimum atomic E-state index is -0.308. The van der Waals surface area contributed by atoms with E-state index in [0.29, 0.717) is 6.54 Å². The molecule has 1 N–H and O–H groups in total. The molecule has 0 saturated heterocycles. The molecule has 0 spiro atoms. The number of rotatable bonds is 5. The van der Waals surface area contributed by atoms with Crippen LogP contribution in [0.3, 0.4) is 0 Å². The molecule has 0 radical (unpaired) electrons. The molecule has 0 atom stereocenters. The minimum absolute atomic E-state index is 0.0569. The topological polar surface area (TPSA) is 55.4 Å². The zero-order chi connectivity index (χ0) is 14.9. The molecule has 0 heterocycles. The van der Waals surface area contributed by atoms with E-state index >= 15 is 0 Å². The van der Waals surface area contributed by atoms with E-state index in [-0.39, 0.29) is 22.7 Å². The van der Waals surface area contributed by atoms with Crippen molar-refractivity contribution in [2.24, 2.45) is 5.41 Å². The smallest absolute Gasteiger partial charge is 0.311 e. The maximum atomic E-state index is 12.2. The quantitative estimate of drug-likeness (QED) is 0.667. The van der Waals surface area contributed by atoms with Gasteiger partial charge in [0, 0.05) is 11.1 Å². The zero-order valence-electron chi connectivity index (χ0n) is 12.4. The van der Waals surface area contributed by atoms with Gasteiger partial charge in [-0.15, -0.1) is 0 Å². The summed E-state index contributed by atoms with van der Waals surface area (Å²) < 4.78 is 4.96. The summed E-state index contributed by atoms with van der Waals surface area (Å²) in [6.45, 7) is 0.335. The van der Waals surface area contributed by atoms with E-state index in [1.54, 1.807) is 0 Å². The van der Waals surface area contributed by atoms with Gasteiger partial charge in [0.25, 0.3) is 0 Å². The summed E-state index contributed by atoms with van der Waals surface area (Å²) >= 11 is 0. The summed E-state index contributed by atoms with van der Waals surface area (Å²) in [4.78, 5) is 24.2. The number of carbonyl (C=O) groups is 2. The van der Waals surface area contributed by atoms with Crippen molar-refractivity contribution < 1.29 is 14.3 Å².